The molecule has 1 aromatic rings. The molecule has 0 bridgehead atoms. The summed E-state index contributed by atoms with van der Waals surface area (Å²) in [7, 11) is 0. The largest absolute Gasteiger partial charge is 0.481 e. The highest BCUT2D eigenvalue weighted by molar-refractivity contribution is 5.81. The second-order valence-corrected chi connectivity index (χ2v) is 4.99. The first-order chi connectivity index (χ1) is 9.56. The van der Waals surface area contributed by atoms with Crippen LogP contribution in [0.25, 0.3) is 0 Å². The number of carboxylic acids is 1. The average molecular weight is 283 g/mol. The zero-order valence-electron chi connectivity index (χ0n) is 11.5. The molecular formula is C15H22FNO3. The molecule has 0 fully saturated rings. The Hall–Kier alpha value is -1.46. The van der Waals surface area contributed by atoms with Gasteiger partial charge in [0.05, 0.1) is 0 Å². The minimum atomic E-state index is -1.23. The van der Waals surface area contributed by atoms with Gasteiger partial charge >= 0.3 is 5.97 Å². The summed E-state index contributed by atoms with van der Waals surface area (Å²) in [5.74, 6) is -1.48. The molecule has 0 radical (unpaired) electrons. The highest BCUT2D eigenvalue weighted by atomic mass is 19.1. The number of unbranched alkanes of at least 4 members (excludes halogenated alkanes) is 3. The normalized spacial score (nSPS) is 13.9. The Morgan fingerprint density at radius 1 is 1.25 bits per heavy atom. The third-order valence-corrected chi connectivity index (χ3v) is 3.65. The number of aliphatic hydroxyl groups excluding tert-OH is 1. The molecule has 0 saturated heterocycles. The molecule has 4 N–H and O–H groups in total. The smallest absolute Gasteiger partial charge is 0.315 e. The van der Waals surface area contributed by atoms with Gasteiger partial charge < -0.3 is 15.9 Å². The first kappa shape index (κ1) is 16.6. The zero-order valence-corrected chi connectivity index (χ0v) is 11.5. The summed E-state index contributed by atoms with van der Waals surface area (Å²) in [5, 5.41) is 18.2. The summed E-state index contributed by atoms with van der Waals surface area (Å²) in [4.78, 5) is 11.6. The summed E-state index contributed by atoms with van der Waals surface area (Å²) in [6.07, 6.45) is 3.43. The number of carbonyl (C=O) groups is 1. The quantitative estimate of drug-likeness (QED) is 0.606. The van der Waals surface area contributed by atoms with E-state index in [1.165, 1.54) is 18.2 Å². The van der Waals surface area contributed by atoms with Gasteiger partial charge in [0.1, 0.15) is 11.2 Å². The van der Waals surface area contributed by atoms with Crippen molar-refractivity contribution in [1.82, 2.24) is 0 Å². The van der Waals surface area contributed by atoms with Crippen molar-refractivity contribution in [2.24, 2.45) is 5.73 Å². The van der Waals surface area contributed by atoms with E-state index in [1.807, 2.05) is 0 Å². The second kappa shape index (κ2) is 7.97. The molecule has 4 nitrogen and oxygen atoms in total. The van der Waals surface area contributed by atoms with Crippen LogP contribution in [0.3, 0.4) is 0 Å². The number of hydrogen-bond acceptors (Lipinski definition) is 3. The Morgan fingerprint density at radius 2 is 1.95 bits per heavy atom. The lowest BCUT2D eigenvalue weighted by Gasteiger charge is -2.28. The minimum Gasteiger partial charge on any atom is -0.481 e. The molecule has 1 rings (SSSR count). The van der Waals surface area contributed by atoms with Crippen molar-refractivity contribution < 1.29 is 19.4 Å². The molecule has 112 valence electrons. The Morgan fingerprint density at radius 3 is 2.50 bits per heavy atom. The van der Waals surface area contributed by atoms with Gasteiger partial charge in [-0.3, -0.25) is 4.79 Å². The van der Waals surface area contributed by atoms with Crippen molar-refractivity contribution in [1.29, 1.82) is 0 Å². The molecule has 1 aromatic carbocycles. The lowest BCUT2D eigenvalue weighted by Crippen LogP contribution is -2.43. The van der Waals surface area contributed by atoms with Gasteiger partial charge in [0.15, 0.2) is 0 Å². The molecule has 1 unspecified atom stereocenters. The first-order valence-electron chi connectivity index (χ1n) is 6.87. The lowest BCUT2D eigenvalue weighted by atomic mass is 9.76. The number of nitrogens with two attached hydrogens (primary N) is 1. The standard InChI is InChI=1S/C15H22FNO3/c16-13-7-5-6-12(10-13)15(11-17,14(19)20)8-3-1-2-4-9-18/h5-7,10,18H,1-4,8-9,11,17H2,(H,19,20). The summed E-state index contributed by atoms with van der Waals surface area (Å²) < 4.78 is 13.3. The van der Waals surface area contributed by atoms with E-state index in [4.69, 9.17) is 10.8 Å². The van der Waals surface area contributed by atoms with E-state index in [9.17, 15) is 14.3 Å². The fourth-order valence-corrected chi connectivity index (χ4v) is 2.36. The summed E-state index contributed by atoms with van der Waals surface area (Å²) in [6, 6.07) is 5.64. The van der Waals surface area contributed by atoms with E-state index in [-0.39, 0.29) is 13.2 Å². The second-order valence-electron chi connectivity index (χ2n) is 4.99. The lowest BCUT2D eigenvalue weighted by molar-refractivity contribution is -0.143. The maximum Gasteiger partial charge on any atom is 0.315 e. The van der Waals surface area contributed by atoms with Gasteiger partial charge in [0.25, 0.3) is 0 Å². The number of rotatable bonds is 9. The van der Waals surface area contributed by atoms with Gasteiger partial charge in [-0.05, 0) is 30.5 Å². The SMILES string of the molecule is NCC(CCCCCCO)(C(=O)O)c1cccc(F)c1. The summed E-state index contributed by atoms with van der Waals surface area (Å²) in [6.45, 7) is 0.0800. The van der Waals surface area contributed by atoms with Crippen LogP contribution in [0.1, 0.15) is 37.7 Å². The van der Waals surface area contributed by atoms with Crippen molar-refractivity contribution in [2.45, 2.75) is 37.5 Å². The summed E-state index contributed by atoms with van der Waals surface area (Å²) in [5.41, 5.74) is 4.87. The molecule has 5 heteroatoms. The van der Waals surface area contributed by atoms with Gasteiger partial charge in [0, 0.05) is 13.2 Å². The van der Waals surface area contributed by atoms with Crippen LogP contribution in [-0.2, 0) is 10.2 Å². The van der Waals surface area contributed by atoms with Crippen LogP contribution >= 0.6 is 0 Å². The van der Waals surface area contributed by atoms with E-state index < -0.39 is 17.2 Å². The van der Waals surface area contributed by atoms with Crippen LogP contribution in [0, 0.1) is 5.82 Å². The van der Waals surface area contributed by atoms with Crippen molar-refractivity contribution in [3.8, 4) is 0 Å². The predicted molar refractivity (Wildman–Crippen MR) is 74.9 cm³/mol. The fraction of sp³-hybridized carbons (Fsp3) is 0.533. The Balaban J connectivity index is 2.84. The van der Waals surface area contributed by atoms with Crippen molar-refractivity contribution in [3.05, 3.63) is 35.6 Å². The average Bonchev–Trinajstić information content (AvgIpc) is 2.43. The van der Waals surface area contributed by atoms with Crippen molar-refractivity contribution >= 4 is 5.97 Å². The van der Waals surface area contributed by atoms with Gasteiger partial charge in [0.2, 0.25) is 0 Å². The van der Waals surface area contributed by atoms with Crippen LogP contribution in [0.5, 0.6) is 0 Å². The molecule has 0 aromatic heterocycles. The van der Waals surface area contributed by atoms with Crippen LogP contribution in [0.4, 0.5) is 4.39 Å². The topological polar surface area (TPSA) is 83.5 Å². The van der Waals surface area contributed by atoms with Crippen molar-refractivity contribution in [3.63, 3.8) is 0 Å². The molecule has 20 heavy (non-hydrogen) atoms. The zero-order chi connectivity index (χ0) is 15.0. The first-order valence-corrected chi connectivity index (χ1v) is 6.87. The highest BCUT2D eigenvalue weighted by Gasteiger charge is 2.38. The highest BCUT2D eigenvalue weighted by Crippen LogP contribution is 2.30. The third-order valence-electron chi connectivity index (χ3n) is 3.65. The minimum absolute atomic E-state index is 0.0637. The number of hydrogen-bond donors (Lipinski definition) is 3. The van der Waals surface area contributed by atoms with E-state index in [0.717, 1.165) is 12.8 Å². The monoisotopic (exact) mass is 283 g/mol. The molecule has 0 aliphatic rings. The van der Waals surface area contributed by atoms with Crippen LogP contribution in [0.15, 0.2) is 24.3 Å². The predicted octanol–water partition coefficient (Wildman–Crippen LogP) is 2.05. The number of halogens is 1. The van der Waals surface area contributed by atoms with E-state index in [0.29, 0.717) is 24.8 Å². The van der Waals surface area contributed by atoms with Gasteiger partial charge in [-0.15, -0.1) is 0 Å². The Bertz CT molecular complexity index is 439. The van der Waals surface area contributed by atoms with Crippen LogP contribution < -0.4 is 5.73 Å². The Labute approximate surface area is 118 Å². The molecule has 1 atom stereocenters. The maximum absolute atomic E-state index is 13.3. The van der Waals surface area contributed by atoms with Gasteiger partial charge in [-0.2, -0.15) is 0 Å². The number of aliphatic carboxylic acids is 1. The molecule has 0 spiro atoms. The number of carboxylic acid groups (broad SMARTS) is 1. The van der Waals surface area contributed by atoms with Crippen LogP contribution in [-0.4, -0.2) is 29.3 Å². The third kappa shape index (κ3) is 4.02. The molecule has 0 amide bonds. The van der Waals surface area contributed by atoms with Gasteiger partial charge in [-0.25, -0.2) is 4.39 Å². The number of aliphatic hydroxyl groups is 1. The molecular weight excluding hydrogens is 261 g/mol. The molecule has 0 heterocycles. The molecule has 0 aliphatic carbocycles. The molecule has 0 aliphatic heterocycles. The van der Waals surface area contributed by atoms with E-state index >= 15 is 0 Å². The molecule has 0 saturated carbocycles. The number of benzene rings is 1. The maximum atomic E-state index is 13.3. The van der Waals surface area contributed by atoms with E-state index in [1.54, 1.807) is 6.07 Å². The van der Waals surface area contributed by atoms with Gasteiger partial charge in [-0.1, -0.05) is 31.4 Å². The summed E-state index contributed by atoms with van der Waals surface area (Å²) >= 11 is 0. The van der Waals surface area contributed by atoms with Crippen molar-refractivity contribution in [2.75, 3.05) is 13.2 Å². The fourth-order valence-electron chi connectivity index (χ4n) is 2.36. The Kier molecular flexibility index (Phi) is 6.61. The van der Waals surface area contributed by atoms with E-state index in [2.05, 4.69) is 0 Å². The van der Waals surface area contributed by atoms with Crippen LogP contribution in [0.2, 0.25) is 0 Å².